The Labute approximate surface area is 124 Å². The van der Waals surface area contributed by atoms with Gasteiger partial charge in [-0.25, -0.2) is 0 Å². The third kappa shape index (κ3) is 2.43. The van der Waals surface area contributed by atoms with Gasteiger partial charge < -0.3 is 0 Å². The molecule has 4 fully saturated rings. The predicted molar refractivity (Wildman–Crippen MR) is 83.8 cm³/mol. The smallest absolute Gasteiger partial charge is 0.0223 e. The average Bonchev–Trinajstić information content (AvgIpc) is 3.09. The first kappa shape index (κ1) is 13.6. The number of rotatable bonds is 3. The van der Waals surface area contributed by atoms with Crippen molar-refractivity contribution in [3.63, 3.8) is 0 Å². The molecule has 2 aliphatic heterocycles. The molecule has 0 radical (unpaired) electrons. The maximum Gasteiger partial charge on any atom is 0.0223 e. The molecule has 2 aliphatic carbocycles. The molecule has 0 N–H and O–H groups in total. The zero-order valence-electron chi connectivity index (χ0n) is 13.3. The van der Waals surface area contributed by atoms with E-state index in [9.17, 15) is 0 Å². The molecule has 0 spiro atoms. The maximum atomic E-state index is 2.91. The molecule has 2 nitrogen and oxygen atoms in total. The van der Waals surface area contributed by atoms with Crippen molar-refractivity contribution >= 4 is 0 Å². The van der Waals surface area contributed by atoms with Crippen LogP contribution >= 0.6 is 0 Å². The number of hydrogen-bond donors (Lipinski definition) is 0. The first-order valence-corrected chi connectivity index (χ1v) is 9.31. The third-order valence-electron chi connectivity index (χ3n) is 6.98. The lowest BCUT2D eigenvalue weighted by Gasteiger charge is -2.49. The molecule has 4 aliphatic rings. The van der Waals surface area contributed by atoms with E-state index in [0.717, 1.165) is 29.8 Å². The predicted octanol–water partition coefficient (Wildman–Crippen LogP) is 3.37. The van der Waals surface area contributed by atoms with E-state index in [0.29, 0.717) is 0 Å². The second kappa shape index (κ2) is 5.61. The van der Waals surface area contributed by atoms with Crippen LogP contribution in [0.1, 0.15) is 58.3 Å². The van der Waals surface area contributed by atoms with Crippen molar-refractivity contribution in [2.75, 3.05) is 26.2 Å². The second-order valence-corrected chi connectivity index (χ2v) is 8.10. The summed E-state index contributed by atoms with van der Waals surface area (Å²) in [5, 5.41) is 0. The minimum Gasteiger partial charge on any atom is -0.298 e. The van der Waals surface area contributed by atoms with Crippen molar-refractivity contribution in [1.82, 2.24) is 9.80 Å². The molecular formula is C18H32N2. The van der Waals surface area contributed by atoms with Gasteiger partial charge in [-0.1, -0.05) is 19.8 Å². The average molecular weight is 276 g/mol. The highest BCUT2D eigenvalue weighted by molar-refractivity contribution is 4.95. The highest BCUT2D eigenvalue weighted by Gasteiger charge is 2.42. The molecule has 0 aromatic heterocycles. The molecule has 114 valence electrons. The van der Waals surface area contributed by atoms with E-state index in [2.05, 4.69) is 16.7 Å². The normalized spacial score (nSPS) is 45.8. The van der Waals surface area contributed by atoms with Crippen LogP contribution in [0.3, 0.4) is 0 Å². The summed E-state index contributed by atoms with van der Waals surface area (Å²) in [5.74, 6) is 3.26. The van der Waals surface area contributed by atoms with Crippen molar-refractivity contribution < 1.29 is 0 Å². The molecule has 2 saturated heterocycles. The van der Waals surface area contributed by atoms with Crippen LogP contribution < -0.4 is 0 Å². The van der Waals surface area contributed by atoms with Gasteiger partial charge in [-0.2, -0.15) is 0 Å². The van der Waals surface area contributed by atoms with Gasteiger partial charge in [0.2, 0.25) is 0 Å². The minimum absolute atomic E-state index is 0.850. The lowest BCUT2D eigenvalue weighted by atomic mass is 9.87. The second-order valence-electron chi connectivity index (χ2n) is 8.10. The Morgan fingerprint density at radius 1 is 1.00 bits per heavy atom. The molecule has 5 atom stereocenters. The van der Waals surface area contributed by atoms with Gasteiger partial charge in [-0.05, 0) is 62.8 Å². The Hall–Kier alpha value is -0.0800. The van der Waals surface area contributed by atoms with E-state index in [1.54, 1.807) is 25.7 Å². The number of piperidine rings is 1. The van der Waals surface area contributed by atoms with Crippen molar-refractivity contribution in [2.24, 2.45) is 17.8 Å². The first-order valence-electron chi connectivity index (χ1n) is 9.31. The van der Waals surface area contributed by atoms with E-state index < -0.39 is 0 Å². The fourth-order valence-electron chi connectivity index (χ4n) is 5.83. The Morgan fingerprint density at radius 3 is 2.70 bits per heavy atom. The first-order chi connectivity index (χ1) is 9.83. The summed E-state index contributed by atoms with van der Waals surface area (Å²) in [5.41, 5.74) is 0. The summed E-state index contributed by atoms with van der Waals surface area (Å²) in [6.45, 7) is 7.96. The van der Waals surface area contributed by atoms with Crippen LogP contribution in [-0.2, 0) is 0 Å². The maximum absolute atomic E-state index is 2.91. The number of piperazine rings is 1. The Balaban J connectivity index is 1.40. The fourth-order valence-corrected chi connectivity index (χ4v) is 5.83. The van der Waals surface area contributed by atoms with Gasteiger partial charge in [0.25, 0.3) is 0 Å². The minimum atomic E-state index is 0.850. The standard InChI is InChI=1S/C18H32N2/c1-2-17-12-19-8-4-3-5-18(19)13-20(17)11-16-10-14-6-7-15(16)9-14/h14-18H,2-13H2,1H3. The quantitative estimate of drug-likeness (QED) is 0.780. The van der Waals surface area contributed by atoms with Crippen LogP contribution in [-0.4, -0.2) is 48.1 Å². The highest BCUT2D eigenvalue weighted by Crippen LogP contribution is 2.48. The third-order valence-corrected chi connectivity index (χ3v) is 6.98. The Bertz CT molecular complexity index is 342. The molecule has 2 heteroatoms. The van der Waals surface area contributed by atoms with Gasteiger partial charge in [0.15, 0.2) is 0 Å². The molecule has 2 heterocycles. The summed E-state index contributed by atoms with van der Waals surface area (Å²) in [7, 11) is 0. The van der Waals surface area contributed by atoms with Gasteiger partial charge in [-0.3, -0.25) is 9.80 Å². The summed E-state index contributed by atoms with van der Waals surface area (Å²) < 4.78 is 0. The summed E-state index contributed by atoms with van der Waals surface area (Å²) >= 11 is 0. The van der Waals surface area contributed by atoms with E-state index in [4.69, 9.17) is 0 Å². The molecule has 0 amide bonds. The van der Waals surface area contributed by atoms with Gasteiger partial charge >= 0.3 is 0 Å². The summed E-state index contributed by atoms with van der Waals surface area (Å²) in [4.78, 5) is 5.73. The van der Waals surface area contributed by atoms with Crippen molar-refractivity contribution in [2.45, 2.75) is 70.4 Å². The van der Waals surface area contributed by atoms with Crippen LogP contribution in [0.25, 0.3) is 0 Å². The molecule has 0 aromatic carbocycles. The Kier molecular flexibility index (Phi) is 3.80. The lowest BCUT2D eigenvalue weighted by molar-refractivity contribution is -0.00409. The van der Waals surface area contributed by atoms with Crippen molar-refractivity contribution in [3.8, 4) is 0 Å². The molecule has 2 bridgehead atoms. The summed E-state index contributed by atoms with van der Waals surface area (Å²) in [6, 6.07) is 1.74. The van der Waals surface area contributed by atoms with E-state index in [1.807, 2.05) is 0 Å². The van der Waals surface area contributed by atoms with Crippen LogP contribution in [0.5, 0.6) is 0 Å². The Morgan fingerprint density at radius 2 is 1.95 bits per heavy atom. The van der Waals surface area contributed by atoms with Crippen LogP contribution in [0, 0.1) is 17.8 Å². The van der Waals surface area contributed by atoms with Gasteiger partial charge in [-0.15, -0.1) is 0 Å². The van der Waals surface area contributed by atoms with Crippen LogP contribution in [0.2, 0.25) is 0 Å². The number of hydrogen-bond acceptors (Lipinski definition) is 2. The van der Waals surface area contributed by atoms with Gasteiger partial charge in [0, 0.05) is 31.7 Å². The largest absolute Gasteiger partial charge is 0.298 e. The van der Waals surface area contributed by atoms with E-state index >= 15 is 0 Å². The van der Waals surface area contributed by atoms with Crippen molar-refractivity contribution in [3.05, 3.63) is 0 Å². The molecule has 20 heavy (non-hydrogen) atoms. The monoisotopic (exact) mass is 276 g/mol. The number of fused-ring (bicyclic) bond motifs is 3. The molecule has 2 saturated carbocycles. The van der Waals surface area contributed by atoms with Crippen molar-refractivity contribution in [1.29, 1.82) is 0 Å². The van der Waals surface area contributed by atoms with E-state index in [1.165, 1.54) is 51.9 Å². The zero-order chi connectivity index (χ0) is 13.5. The summed E-state index contributed by atoms with van der Waals surface area (Å²) in [6.07, 6.45) is 12.0. The van der Waals surface area contributed by atoms with Gasteiger partial charge in [0.1, 0.15) is 0 Å². The molecular weight excluding hydrogens is 244 g/mol. The SMILES string of the molecule is CCC1CN2CCCCC2CN1CC1CC2CCC1C2. The van der Waals surface area contributed by atoms with Gasteiger partial charge in [0.05, 0.1) is 0 Å². The van der Waals surface area contributed by atoms with Crippen LogP contribution in [0.4, 0.5) is 0 Å². The molecule has 4 rings (SSSR count). The van der Waals surface area contributed by atoms with E-state index in [-0.39, 0.29) is 0 Å². The fraction of sp³-hybridized carbons (Fsp3) is 1.00. The lowest BCUT2D eigenvalue weighted by Crippen LogP contribution is -2.60. The molecule has 0 aromatic rings. The number of nitrogens with zero attached hydrogens (tertiary/aromatic N) is 2. The topological polar surface area (TPSA) is 6.48 Å². The molecule has 5 unspecified atom stereocenters. The van der Waals surface area contributed by atoms with Crippen LogP contribution in [0.15, 0.2) is 0 Å². The zero-order valence-corrected chi connectivity index (χ0v) is 13.3. The highest BCUT2D eigenvalue weighted by atomic mass is 15.3.